The normalized spacial score (nSPS) is 17.5. The maximum Gasteiger partial charge on any atom is 0.266 e. The Labute approximate surface area is 188 Å². The van der Waals surface area contributed by atoms with E-state index in [-0.39, 0.29) is 28.3 Å². The monoisotopic (exact) mass is 473 g/mol. The molecular weight excluding hydrogens is 453 g/mol. The molecule has 1 amide bonds. The number of carbonyl (C=O) groups excluding carboxylic acids is 1. The number of methoxy groups -OCH3 is 1. The van der Waals surface area contributed by atoms with Gasteiger partial charge in [0.15, 0.2) is 4.80 Å². The third kappa shape index (κ3) is 3.95. The number of benzene rings is 2. The van der Waals surface area contributed by atoms with Crippen molar-refractivity contribution in [3.63, 3.8) is 0 Å². The van der Waals surface area contributed by atoms with Crippen LogP contribution < -0.4 is 9.54 Å². The first-order valence-corrected chi connectivity index (χ1v) is 12.1. The minimum Gasteiger partial charge on any atom is -0.497 e. The van der Waals surface area contributed by atoms with Gasteiger partial charge in [-0.3, -0.25) is 4.79 Å². The molecule has 0 radical (unpaired) electrons. The van der Waals surface area contributed by atoms with Crippen molar-refractivity contribution in [1.82, 2.24) is 8.87 Å². The number of terminal acetylenes is 1. The first kappa shape index (κ1) is 22.2. The number of fused-ring (bicyclic) bond motifs is 1. The molecule has 4 rings (SSSR count). The fraction of sp³-hybridized carbons (Fsp3) is 0.273. The Bertz CT molecular complexity index is 1390. The third-order valence-electron chi connectivity index (χ3n) is 5.26. The van der Waals surface area contributed by atoms with Crippen LogP contribution in [0.4, 0.5) is 4.39 Å². The quantitative estimate of drug-likeness (QED) is 0.534. The highest BCUT2D eigenvalue weighted by Gasteiger charge is 2.39. The molecule has 3 aromatic rings. The molecule has 10 heteroatoms. The second-order valence-corrected chi connectivity index (χ2v) is 10.1. The number of hydrogen-bond acceptors (Lipinski definition) is 5. The second-order valence-electron chi connectivity index (χ2n) is 7.16. The van der Waals surface area contributed by atoms with Gasteiger partial charge in [0.1, 0.15) is 17.6 Å². The molecule has 32 heavy (non-hydrogen) atoms. The summed E-state index contributed by atoms with van der Waals surface area (Å²) in [7, 11) is -2.41. The lowest BCUT2D eigenvalue weighted by Gasteiger charge is -2.21. The number of amides is 1. The molecule has 1 aromatic heterocycles. The minimum absolute atomic E-state index is 0.0333. The van der Waals surface area contributed by atoms with Gasteiger partial charge in [0.2, 0.25) is 10.0 Å². The van der Waals surface area contributed by atoms with Gasteiger partial charge in [0.05, 0.1) is 28.8 Å². The van der Waals surface area contributed by atoms with E-state index in [1.54, 1.807) is 24.3 Å². The van der Waals surface area contributed by atoms with Gasteiger partial charge in [0, 0.05) is 6.54 Å². The molecule has 2 aromatic carbocycles. The van der Waals surface area contributed by atoms with E-state index in [9.17, 15) is 17.6 Å². The number of para-hydroxylation sites is 1. The van der Waals surface area contributed by atoms with Crippen molar-refractivity contribution in [3.8, 4) is 18.1 Å². The maximum absolute atomic E-state index is 14.4. The van der Waals surface area contributed by atoms with Crippen LogP contribution in [-0.2, 0) is 21.4 Å². The Balaban J connectivity index is 1.72. The standard InChI is InChI=1S/C22H20FN3O4S2/c1-3-13-25-20-17(23)6-4-8-19(20)31-22(25)24-21(27)18-7-5-14-26(18)32(28,29)16-11-9-15(30-2)10-12-16/h1,4,6,8-12,18H,5,7,13-14H2,2H3. The number of aromatic nitrogens is 1. The van der Waals surface area contributed by atoms with E-state index in [1.807, 2.05) is 0 Å². The van der Waals surface area contributed by atoms with Crippen molar-refractivity contribution < 1.29 is 22.3 Å². The number of sulfonamides is 1. The number of rotatable bonds is 5. The van der Waals surface area contributed by atoms with E-state index in [1.165, 1.54) is 34.2 Å². The summed E-state index contributed by atoms with van der Waals surface area (Å²) in [4.78, 5) is 17.6. The van der Waals surface area contributed by atoms with Gasteiger partial charge < -0.3 is 9.30 Å². The zero-order valence-electron chi connectivity index (χ0n) is 17.2. The molecule has 0 saturated carbocycles. The second kappa shape index (κ2) is 8.86. The zero-order chi connectivity index (χ0) is 22.9. The van der Waals surface area contributed by atoms with E-state index in [0.717, 1.165) is 11.3 Å². The number of carbonyl (C=O) groups is 1. The molecule has 7 nitrogen and oxygen atoms in total. The molecule has 1 atom stereocenters. The van der Waals surface area contributed by atoms with Crippen molar-refractivity contribution in [3.05, 3.63) is 53.1 Å². The van der Waals surface area contributed by atoms with Gasteiger partial charge >= 0.3 is 0 Å². The molecular formula is C22H20FN3O4S2. The van der Waals surface area contributed by atoms with Gasteiger partial charge in [0.25, 0.3) is 5.91 Å². The molecule has 1 aliphatic heterocycles. The summed E-state index contributed by atoms with van der Waals surface area (Å²) in [6.07, 6.45) is 6.32. The topological polar surface area (TPSA) is 81.0 Å². The summed E-state index contributed by atoms with van der Waals surface area (Å²) in [6.45, 7) is 0.247. The number of halogens is 1. The highest BCUT2D eigenvalue weighted by molar-refractivity contribution is 7.89. The SMILES string of the molecule is C#CCn1c(=NC(=O)C2CCCN2S(=O)(=O)c2ccc(OC)cc2)sc2cccc(F)c21. The Morgan fingerprint density at radius 2 is 2.06 bits per heavy atom. The van der Waals surface area contributed by atoms with E-state index in [2.05, 4.69) is 10.9 Å². The number of hydrogen-bond donors (Lipinski definition) is 0. The lowest BCUT2D eigenvalue weighted by Crippen LogP contribution is -2.40. The highest BCUT2D eigenvalue weighted by Crippen LogP contribution is 2.28. The van der Waals surface area contributed by atoms with Crippen LogP contribution in [0.3, 0.4) is 0 Å². The van der Waals surface area contributed by atoms with Gasteiger partial charge in [-0.2, -0.15) is 9.30 Å². The van der Waals surface area contributed by atoms with E-state index in [4.69, 9.17) is 11.2 Å². The molecule has 166 valence electrons. The minimum atomic E-state index is -3.90. The fourth-order valence-electron chi connectivity index (χ4n) is 3.74. The van der Waals surface area contributed by atoms with Gasteiger partial charge in [-0.05, 0) is 49.2 Å². The first-order valence-electron chi connectivity index (χ1n) is 9.82. The molecule has 0 spiro atoms. The van der Waals surface area contributed by atoms with Crippen LogP contribution >= 0.6 is 11.3 Å². The van der Waals surface area contributed by atoms with Crippen LogP contribution in [0.1, 0.15) is 12.8 Å². The predicted octanol–water partition coefficient (Wildman–Crippen LogP) is 2.76. The van der Waals surface area contributed by atoms with Crippen LogP contribution in [0.5, 0.6) is 5.75 Å². The van der Waals surface area contributed by atoms with Gasteiger partial charge in [-0.15, -0.1) is 6.42 Å². The molecule has 0 aliphatic carbocycles. The van der Waals surface area contributed by atoms with E-state index in [0.29, 0.717) is 23.3 Å². The molecule has 0 bridgehead atoms. The molecule has 1 fully saturated rings. The summed E-state index contributed by atoms with van der Waals surface area (Å²) < 4.78 is 49.0. The fourth-order valence-corrected chi connectivity index (χ4v) is 6.44. The Hall–Kier alpha value is -3.00. The summed E-state index contributed by atoms with van der Waals surface area (Å²) in [6, 6.07) is 9.67. The lowest BCUT2D eigenvalue weighted by atomic mass is 10.2. The molecule has 1 aliphatic rings. The van der Waals surface area contributed by atoms with Crippen LogP contribution in [-0.4, -0.2) is 42.9 Å². The summed E-state index contributed by atoms with van der Waals surface area (Å²) in [5, 5.41) is 0. The third-order valence-corrected chi connectivity index (χ3v) is 8.23. The first-order chi connectivity index (χ1) is 15.4. The van der Waals surface area contributed by atoms with Crippen LogP contribution in [0.25, 0.3) is 10.2 Å². The maximum atomic E-state index is 14.4. The zero-order valence-corrected chi connectivity index (χ0v) is 18.8. The summed E-state index contributed by atoms with van der Waals surface area (Å²) in [5.41, 5.74) is 0.274. The number of nitrogens with zero attached hydrogens (tertiary/aromatic N) is 3. The van der Waals surface area contributed by atoms with Crippen molar-refractivity contribution in [2.45, 2.75) is 30.3 Å². The van der Waals surface area contributed by atoms with Crippen LogP contribution in [0.15, 0.2) is 52.4 Å². The van der Waals surface area contributed by atoms with E-state index >= 15 is 0 Å². The molecule has 0 N–H and O–H groups in total. The van der Waals surface area contributed by atoms with Crippen molar-refractivity contribution in [2.75, 3.05) is 13.7 Å². The summed E-state index contributed by atoms with van der Waals surface area (Å²) in [5.74, 6) is 1.92. The Morgan fingerprint density at radius 3 is 2.75 bits per heavy atom. The van der Waals surface area contributed by atoms with E-state index < -0.39 is 27.8 Å². The molecule has 2 heterocycles. The lowest BCUT2D eigenvalue weighted by molar-refractivity contribution is -0.121. The van der Waals surface area contributed by atoms with Crippen LogP contribution in [0.2, 0.25) is 0 Å². The van der Waals surface area contributed by atoms with Crippen LogP contribution in [0, 0.1) is 18.2 Å². The Kier molecular flexibility index (Phi) is 6.15. The van der Waals surface area contributed by atoms with Gasteiger partial charge in [-0.1, -0.05) is 23.3 Å². The van der Waals surface area contributed by atoms with Crippen molar-refractivity contribution in [2.24, 2.45) is 4.99 Å². The predicted molar refractivity (Wildman–Crippen MR) is 119 cm³/mol. The molecule has 1 saturated heterocycles. The smallest absolute Gasteiger partial charge is 0.266 e. The van der Waals surface area contributed by atoms with Crippen molar-refractivity contribution in [1.29, 1.82) is 0 Å². The average Bonchev–Trinajstić information content (AvgIpc) is 3.41. The number of ether oxygens (including phenoxy) is 1. The largest absolute Gasteiger partial charge is 0.497 e. The Morgan fingerprint density at radius 1 is 1.31 bits per heavy atom. The molecule has 1 unspecified atom stereocenters. The summed E-state index contributed by atoms with van der Waals surface area (Å²) >= 11 is 1.13. The average molecular weight is 474 g/mol. The number of thiazole rings is 1. The van der Waals surface area contributed by atoms with Crippen molar-refractivity contribution >= 4 is 37.5 Å². The highest BCUT2D eigenvalue weighted by atomic mass is 32.2. The van der Waals surface area contributed by atoms with Gasteiger partial charge in [-0.25, -0.2) is 12.8 Å².